The Balaban J connectivity index is 1.44. The molecule has 0 saturated carbocycles. The average Bonchev–Trinajstić information content (AvgIpc) is 3.65. The third kappa shape index (κ3) is 8.42. The fourth-order valence-corrected chi connectivity index (χ4v) is 6.09. The summed E-state index contributed by atoms with van der Waals surface area (Å²) in [7, 11) is 0. The highest BCUT2D eigenvalue weighted by Gasteiger charge is 2.46. The largest absolute Gasteiger partial charge is 0.457 e. The Hall–Kier alpha value is -2.29. The van der Waals surface area contributed by atoms with Crippen LogP contribution < -0.4 is 0 Å². The smallest absolute Gasteiger partial charge is 0.309 e. The van der Waals surface area contributed by atoms with Crippen molar-refractivity contribution in [3.8, 4) is 0 Å². The van der Waals surface area contributed by atoms with Crippen molar-refractivity contribution < 1.29 is 34.0 Å². The number of fused-ring (bicyclic) bond motifs is 1. The minimum Gasteiger partial charge on any atom is -0.457 e. The van der Waals surface area contributed by atoms with Gasteiger partial charge in [-0.1, -0.05) is 88.4 Å². The van der Waals surface area contributed by atoms with E-state index in [0.717, 1.165) is 24.0 Å². The van der Waals surface area contributed by atoms with Crippen LogP contribution in [0.1, 0.15) is 85.5 Å². The molecule has 0 aliphatic carbocycles. The molecule has 4 rings (SSSR count). The Morgan fingerprint density at radius 1 is 1.17 bits per heavy atom. The van der Waals surface area contributed by atoms with E-state index in [0.29, 0.717) is 18.8 Å². The van der Waals surface area contributed by atoms with Crippen molar-refractivity contribution in [3.63, 3.8) is 0 Å². The Morgan fingerprint density at radius 2 is 1.90 bits per heavy atom. The lowest BCUT2D eigenvalue weighted by molar-refractivity contribution is -0.151. The highest BCUT2D eigenvalue weighted by Crippen LogP contribution is 2.42. The van der Waals surface area contributed by atoms with Gasteiger partial charge in [0.1, 0.15) is 12.2 Å². The molecule has 0 radical (unpaired) electrons. The maximum absolute atomic E-state index is 12.8. The number of benzene rings is 1. The lowest BCUT2D eigenvalue weighted by Crippen LogP contribution is -2.37. The molecule has 0 amide bonds. The van der Waals surface area contributed by atoms with Gasteiger partial charge in [-0.2, -0.15) is 0 Å². The van der Waals surface area contributed by atoms with Crippen molar-refractivity contribution in [2.45, 2.75) is 122 Å². The Bertz CT molecular complexity index is 1110. The zero-order chi connectivity index (χ0) is 30.4. The Morgan fingerprint density at radius 3 is 2.62 bits per heavy atom. The first kappa shape index (κ1) is 32.6. The lowest BCUT2D eigenvalue weighted by Gasteiger charge is -2.30. The number of aliphatic hydroxyl groups is 2. The highest BCUT2D eigenvalue weighted by molar-refractivity contribution is 5.70. The number of hydrogen-bond acceptors (Lipinski definition) is 7. The second kappa shape index (κ2) is 14.5. The van der Waals surface area contributed by atoms with Crippen LogP contribution in [0.4, 0.5) is 0 Å². The molecule has 3 aliphatic heterocycles. The molecule has 2 N–H and O–H groups in total. The quantitative estimate of drug-likeness (QED) is 0.155. The van der Waals surface area contributed by atoms with E-state index in [1.165, 1.54) is 0 Å². The number of carbonyl (C=O) groups is 1. The molecule has 0 bridgehead atoms. The molecular weight excluding hydrogens is 532 g/mol. The monoisotopic (exact) mass is 582 g/mol. The molecule has 0 spiro atoms. The van der Waals surface area contributed by atoms with Crippen molar-refractivity contribution in [2.75, 3.05) is 0 Å². The molecule has 2 fully saturated rings. The molecule has 3 aliphatic rings. The highest BCUT2D eigenvalue weighted by atomic mass is 16.7. The zero-order valence-corrected chi connectivity index (χ0v) is 26.0. The number of allylic oxidation sites excluding steroid dienone is 3. The molecule has 0 aromatic heterocycles. The summed E-state index contributed by atoms with van der Waals surface area (Å²) in [6.45, 7) is 12.2. The Labute approximate surface area is 251 Å². The van der Waals surface area contributed by atoms with Crippen LogP contribution in [0, 0.1) is 17.8 Å². The van der Waals surface area contributed by atoms with Crippen molar-refractivity contribution >= 4 is 5.97 Å². The zero-order valence-electron chi connectivity index (χ0n) is 26.0. The molecule has 11 atom stereocenters. The van der Waals surface area contributed by atoms with Crippen molar-refractivity contribution in [2.24, 2.45) is 17.8 Å². The molecule has 1 aromatic carbocycles. The molecular formula is C35H50O7. The van der Waals surface area contributed by atoms with Gasteiger partial charge in [0.05, 0.1) is 36.4 Å². The van der Waals surface area contributed by atoms with Crippen LogP contribution in [0.2, 0.25) is 0 Å². The number of hydrogen-bond donors (Lipinski definition) is 2. The fourth-order valence-electron chi connectivity index (χ4n) is 6.09. The SMILES string of the molecule is CC[C@H](O)[C@@H](C)[C@H]1O[C@@H]1C[C@H](C)C=CC=C(C)[C@H]1OC(=O)C[C@H](O)CC[C@@]2(C)O[C@@H](c3ccccc3)O[C@H]2C=C[C@@H]1C. The maximum atomic E-state index is 12.8. The summed E-state index contributed by atoms with van der Waals surface area (Å²) >= 11 is 0. The van der Waals surface area contributed by atoms with Crippen molar-refractivity contribution in [1.29, 1.82) is 0 Å². The average molecular weight is 583 g/mol. The molecule has 3 heterocycles. The van der Waals surface area contributed by atoms with Gasteiger partial charge in [0.25, 0.3) is 0 Å². The van der Waals surface area contributed by atoms with E-state index in [-0.39, 0.29) is 42.7 Å². The van der Waals surface area contributed by atoms with Crippen molar-refractivity contribution in [1.82, 2.24) is 0 Å². The molecule has 0 unspecified atom stereocenters. The topological polar surface area (TPSA) is 97.8 Å². The molecule has 7 heteroatoms. The van der Waals surface area contributed by atoms with Crippen LogP contribution in [0.3, 0.4) is 0 Å². The normalized spacial score (nSPS) is 36.4. The number of ether oxygens (including phenoxy) is 4. The minimum absolute atomic E-state index is 0.0650. The molecule has 42 heavy (non-hydrogen) atoms. The number of rotatable bonds is 9. The van der Waals surface area contributed by atoms with E-state index >= 15 is 0 Å². The number of aliphatic hydroxyl groups excluding tert-OH is 2. The summed E-state index contributed by atoms with van der Waals surface area (Å²) in [5, 5.41) is 20.8. The predicted octanol–water partition coefficient (Wildman–Crippen LogP) is 6.21. The summed E-state index contributed by atoms with van der Waals surface area (Å²) in [6, 6.07) is 9.86. The standard InChI is InChI=1S/C35H50O7/c1-7-28(37)25(5)33-29(39-33)20-22(2)12-11-13-23(3)32-24(4)16-17-30-35(6,19-18-27(36)21-31(38)41-32)42-34(40-30)26-14-9-8-10-15-26/h8-17,22,24-25,27-30,32-34,36-37H,7,18-21H2,1-6H3/t22-,24+,25-,27-,28+,29-,30+,32-,33-,34+,35-/m1/s1. The second-order valence-electron chi connectivity index (χ2n) is 12.8. The predicted molar refractivity (Wildman–Crippen MR) is 162 cm³/mol. The number of cyclic esters (lactones) is 1. The van der Waals surface area contributed by atoms with Gasteiger partial charge >= 0.3 is 5.97 Å². The van der Waals surface area contributed by atoms with Crippen molar-refractivity contribution in [3.05, 3.63) is 71.8 Å². The summed E-state index contributed by atoms with van der Waals surface area (Å²) in [5.74, 6) is -0.0870. The van der Waals surface area contributed by atoms with Gasteiger partial charge in [-0.15, -0.1) is 0 Å². The third-order valence-corrected chi connectivity index (χ3v) is 9.04. The van der Waals surface area contributed by atoms with Crippen LogP contribution in [0.15, 0.2) is 66.3 Å². The van der Waals surface area contributed by atoms with Crippen LogP contribution in [0.5, 0.6) is 0 Å². The maximum Gasteiger partial charge on any atom is 0.309 e. The van der Waals surface area contributed by atoms with E-state index < -0.39 is 30.1 Å². The Kier molecular flexibility index (Phi) is 11.2. The van der Waals surface area contributed by atoms with Gasteiger partial charge in [0.15, 0.2) is 6.29 Å². The first-order valence-electron chi connectivity index (χ1n) is 15.6. The molecule has 232 valence electrons. The van der Waals surface area contributed by atoms with Crippen LogP contribution in [0.25, 0.3) is 0 Å². The van der Waals surface area contributed by atoms with Gasteiger partial charge < -0.3 is 29.2 Å². The van der Waals surface area contributed by atoms with Crippen LogP contribution in [-0.4, -0.2) is 58.4 Å². The van der Waals surface area contributed by atoms with E-state index in [1.807, 2.05) is 76.3 Å². The summed E-state index contributed by atoms with van der Waals surface area (Å²) in [5.41, 5.74) is 1.23. The van der Waals surface area contributed by atoms with E-state index in [9.17, 15) is 15.0 Å². The number of esters is 1. The summed E-state index contributed by atoms with van der Waals surface area (Å²) in [4.78, 5) is 12.8. The fraction of sp³-hybridized carbons (Fsp3) is 0.629. The summed E-state index contributed by atoms with van der Waals surface area (Å²) < 4.78 is 24.6. The van der Waals surface area contributed by atoms with Gasteiger partial charge in [-0.05, 0) is 51.0 Å². The van der Waals surface area contributed by atoms with Crippen LogP contribution >= 0.6 is 0 Å². The minimum atomic E-state index is -0.826. The number of carbonyl (C=O) groups excluding carboxylic acids is 1. The van der Waals surface area contributed by atoms with E-state index in [1.54, 1.807) is 0 Å². The second-order valence-corrected chi connectivity index (χ2v) is 12.8. The van der Waals surface area contributed by atoms with E-state index in [2.05, 4.69) is 26.0 Å². The third-order valence-electron chi connectivity index (χ3n) is 9.04. The van der Waals surface area contributed by atoms with Gasteiger partial charge in [0, 0.05) is 17.4 Å². The lowest BCUT2D eigenvalue weighted by atomic mass is 9.89. The number of epoxide rings is 1. The first-order chi connectivity index (χ1) is 20.0. The molecule has 7 nitrogen and oxygen atoms in total. The van der Waals surface area contributed by atoms with E-state index in [4.69, 9.17) is 18.9 Å². The molecule has 1 aromatic rings. The van der Waals surface area contributed by atoms with Gasteiger partial charge in [-0.3, -0.25) is 4.79 Å². The first-order valence-corrected chi connectivity index (χ1v) is 15.6. The van der Waals surface area contributed by atoms with Crippen LogP contribution in [-0.2, 0) is 23.7 Å². The van der Waals surface area contributed by atoms with Gasteiger partial charge in [0.2, 0.25) is 0 Å². The van der Waals surface area contributed by atoms with Gasteiger partial charge in [-0.25, -0.2) is 0 Å². The summed E-state index contributed by atoms with van der Waals surface area (Å²) in [6.07, 6.45) is 10.6. The molecule has 2 saturated heterocycles.